The van der Waals surface area contributed by atoms with Gasteiger partial charge in [0.15, 0.2) is 5.78 Å². The Labute approximate surface area is 88.6 Å². The van der Waals surface area contributed by atoms with Crippen molar-refractivity contribution in [3.05, 3.63) is 29.3 Å². The van der Waals surface area contributed by atoms with Crippen molar-refractivity contribution < 1.29 is 13.2 Å². The van der Waals surface area contributed by atoms with Gasteiger partial charge in [-0.2, -0.15) is 0 Å². The van der Waals surface area contributed by atoms with Crippen LogP contribution in [0.5, 0.6) is 0 Å². The van der Waals surface area contributed by atoms with Crippen LogP contribution in [0, 0.1) is 0 Å². The molecule has 5 heteroatoms. The topological polar surface area (TPSA) is 54.5 Å². The van der Waals surface area contributed by atoms with Gasteiger partial charge in [0.2, 0.25) is 10.0 Å². The van der Waals surface area contributed by atoms with Gasteiger partial charge in [-0.05, 0) is 30.7 Å². The fourth-order valence-corrected chi connectivity index (χ4v) is 2.97. The Bertz CT molecular complexity index is 534. The third kappa shape index (κ3) is 1.52. The van der Waals surface area contributed by atoms with Gasteiger partial charge in [-0.3, -0.25) is 9.10 Å². The van der Waals surface area contributed by atoms with Crippen molar-refractivity contribution >= 4 is 21.5 Å². The largest absolute Gasteiger partial charge is 0.295 e. The maximum atomic E-state index is 11.5. The molecule has 2 rings (SSSR count). The zero-order valence-electron chi connectivity index (χ0n) is 8.52. The number of carbonyl (C=O) groups is 1. The van der Waals surface area contributed by atoms with Crippen molar-refractivity contribution in [3.8, 4) is 0 Å². The Morgan fingerprint density at radius 3 is 2.67 bits per heavy atom. The normalized spacial score (nSPS) is 17.6. The lowest BCUT2D eigenvalue weighted by atomic mass is 10.1. The predicted octanol–water partition coefficient (Wildman–Crippen LogP) is 1.17. The average molecular weight is 225 g/mol. The summed E-state index contributed by atoms with van der Waals surface area (Å²) in [5.41, 5.74) is 1.92. The minimum absolute atomic E-state index is 0.0139. The zero-order valence-corrected chi connectivity index (χ0v) is 9.34. The number of anilines is 1. The van der Waals surface area contributed by atoms with Gasteiger partial charge >= 0.3 is 0 Å². The first-order valence-corrected chi connectivity index (χ1v) is 6.13. The molecule has 1 aliphatic rings. The van der Waals surface area contributed by atoms with Crippen molar-refractivity contribution in [3.63, 3.8) is 0 Å². The third-order valence-corrected chi connectivity index (χ3v) is 4.29. The van der Waals surface area contributed by atoms with E-state index in [4.69, 9.17) is 0 Å². The highest BCUT2D eigenvalue weighted by Crippen LogP contribution is 2.32. The summed E-state index contributed by atoms with van der Waals surface area (Å²) in [7, 11) is -1.68. The standard InChI is InChI=1S/C10H11NO3S/c1-7(12)8-3-4-10-9(5-8)6-15(13,14)11(10)2/h3-5H,6H2,1-2H3. The van der Waals surface area contributed by atoms with Gasteiger partial charge in [-0.15, -0.1) is 0 Å². The monoisotopic (exact) mass is 225 g/mol. The van der Waals surface area contributed by atoms with E-state index in [1.54, 1.807) is 18.2 Å². The molecule has 0 atom stereocenters. The van der Waals surface area contributed by atoms with Crippen molar-refractivity contribution in [2.24, 2.45) is 0 Å². The summed E-state index contributed by atoms with van der Waals surface area (Å²) < 4.78 is 24.3. The van der Waals surface area contributed by atoms with Gasteiger partial charge in [0.1, 0.15) is 0 Å². The fraction of sp³-hybridized carbons (Fsp3) is 0.300. The van der Waals surface area contributed by atoms with Crippen LogP contribution in [-0.2, 0) is 15.8 Å². The van der Waals surface area contributed by atoms with Crippen LogP contribution in [0.3, 0.4) is 0 Å². The molecule has 1 heterocycles. The molecule has 0 saturated carbocycles. The lowest BCUT2D eigenvalue weighted by molar-refractivity contribution is 0.101. The van der Waals surface area contributed by atoms with Crippen LogP contribution in [0.4, 0.5) is 5.69 Å². The molecule has 0 fully saturated rings. The number of carbonyl (C=O) groups excluding carboxylic acids is 1. The first kappa shape index (κ1) is 10.2. The molecule has 0 saturated heterocycles. The molecular weight excluding hydrogens is 214 g/mol. The molecule has 0 aromatic heterocycles. The molecule has 15 heavy (non-hydrogen) atoms. The van der Waals surface area contributed by atoms with E-state index in [1.165, 1.54) is 18.3 Å². The van der Waals surface area contributed by atoms with Crippen LogP contribution in [-0.4, -0.2) is 21.2 Å². The molecule has 0 aliphatic carbocycles. The van der Waals surface area contributed by atoms with E-state index in [0.717, 1.165) is 0 Å². The maximum Gasteiger partial charge on any atom is 0.239 e. The maximum absolute atomic E-state index is 11.5. The molecule has 1 aromatic rings. The van der Waals surface area contributed by atoms with E-state index in [1.807, 2.05) is 0 Å². The van der Waals surface area contributed by atoms with Gasteiger partial charge in [0, 0.05) is 12.6 Å². The highest BCUT2D eigenvalue weighted by molar-refractivity contribution is 7.92. The predicted molar refractivity (Wildman–Crippen MR) is 57.5 cm³/mol. The smallest absolute Gasteiger partial charge is 0.239 e. The highest BCUT2D eigenvalue weighted by Gasteiger charge is 2.30. The molecule has 4 nitrogen and oxygen atoms in total. The van der Waals surface area contributed by atoms with E-state index in [0.29, 0.717) is 16.8 Å². The quantitative estimate of drug-likeness (QED) is 0.674. The Morgan fingerprint density at radius 1 is 1.40 bits per heavy atom. The Morgan fingerprint density at radius 2 is 2.07 bits per heavy atom. The number of fused-ring (bicyclic) bond motifs is 1. The lowest BCUT2D eigenvalue weighted by Crippen LogP contribution is -2.20. The van der Waals surface area contributed by atoms with E-state index >= 15 is 0 Å². The van der Waals surface area contributed by atoms with Gasteiger partial charge in [-0.25, -0.2) is 8.42 Å². The minimum atomic E-state index is -3.20. The van der Waals surface area contributed by atoms with Crippen molar-refractivity contribution in [2.75, 3.05) is 11.4 Å². The summed E-state index contributed by atoms with van der Waals surface area (Å²) in [6.07, 6.45) is 0. The van der Waals surface area contributed by atoms with E-state index in [-0.39, 0.29) is 11.5 Å². The van der Waals surface area contributed by atoms with Gasteiger partial charge in [-0.1, -0.05) is 0 Å². The average Bonchev–Trinajstić information content (AvgIpc) is 2.37. The molecule has 0 bridgehead atoms. The van der Waals surface area contributed by atoms with E-state index in [9.17, 15) is 13.2 Å². The minimum Gasteiger partial charge on any atom is -0.295 e. The highest BCUT2D eigenvalue weighted by atomic mass is 32.2. The Hall–Kier alpha value is -1.36. The molecule has 80 valence electrons. The van der Waals surface area contributed by atoms with Crippen LogP contribution in [0.2, 0.25) is 0 Å². The van der Waals surface area contributed by atoms with Crippen LogP contribution in [0.25, 0.3) is 0 Å². The molecular formula is C10H11NO3S. The number of benzene rings is 1. The summed E-state index contributed by atoms with van der Waals surface area (Å²) in [4.78, 5) is 11.1. The van der Waals surface area contributed by atoms with Crippen LogP contribution >= 0.6 is 0 Å². The number of rotatable bonds is 1. The fourth-order valence-electron chi connectivity index (χ4n) is 1.67. The number of sulfonamides is 1. The Kier molecular flexibility index (Phi) is 2.08. The zero-order chi connectivity index (χ0) is 11.2. The molecule has 0 radical (unpaired) electrons. The number of nitrogens with zero attached hydrogens (tertiary/aromatic N) is 1. The number of hydrogen-bond acceptors (Lipinski definition) is 3. The summed E-state index contributed by atoms with van der Waals surface area (Å²) in [5.74, 6) is -0.0651. The Balaban J connectivity index is 2.57. The van der Waals surface area contributed by atoms with Crippen molar-refractivity contribution in [1.82, 2.24) is 0 Å². The number of ketones is 1. The molecule has 0 unspecified atom stereocenters. The molecule has 1 aromatic carbocycles. The summed E-state index contributed by atoms with van der Waals surface area (Å²) in [5, 5.41) is 0. The first-order valence-electron chi connectivity index (χ1n) is 4.52. The summed E-state index contributed by atoms with van der Waals surface area (Å²) in [6, 6.07) is 4.98. The van der Waals surface area contributed by atoms with E-state index in [2.05, 4.69) is 0 Å². The second kappa shape index (κ2) is 3.06. The number of hydrogen-bond donors (Lipinski definition) is 0. The van der Waals surface area contributed by atoms with E-state index < -0.39 is 10.0 Å². The van der Waals surface area contributed by atoms with Gasteiger partial charge in [0.05, 0.1) is 11.4 Å². The lowest BCUT2D eigenvalue weighted by Gasteiger charge is -2.10. The first-order chi connectivity index (χ1) is 6.92. The summed E-state index contributed by atoms with van der Waals surface area (Å²) >= 11 is 0. The molecule has 0 amide bonds. The third-order valence-electron chi connectivity index (χ3n) is 2.58. The van der Waals surface area contributed by atoms with Crippen molar-refractivity contribution in [1.29, 1.82) is 0 Å². The SMILES string of the molecule is CC(=O)c1ccc2c(c1)CS(=O)(=O)N2C. The van der Waals surface area contributed by atoms with Crippen LogP contribution in [0.1, 0.15) is 22.8 Å². The second-order valence-corrected chi connectivity index (χ2v) is 5.62. The molecule has 0 spiro atoms. The van der Waals surface area contributed by atoms with Gasteiger partial charge in [0.25, 0.3) is 0 Å². The van der Waals surface area contributed by atoms with Crippen molar-refractivity contribution in [2.45, 2.75) is 12.7 Å². The second-order valence-electron chi connectivity index (χ2n) is 3.62. The summed E-state index contributed by atoms with van der Waals surface area (Å²) in [6.45, 7) is 1.47. The molecule has 1 aliphatic heterocycles. The molecule has 0 N–H and O–H groups in total. The van der Waals surface area contributed by atoms with Crippen LogP contribution < -0.4 is 4.31 Å². The van der Waals surface area contributed by atoms with Crippen LogP contribution in [0.15, 0.2) is 18.2 Å². The number of Topliss-reactive ketones (excluding diaryl/α,β-unsaturated/α-hetero) is 1. The van der Waals surface area contributed by atoms with Gasteiger partial charge < -0.3 is 0 Å².